The number of carboxylic acid groups (broad SMARTS) is 1. The number of carbonyl (C=O) groups is 4. The number of carbonyl (C=O) groups excluding carboxylic acids is 3. The quantitative estimate of drug-likeness (QED) is 0.0228. The van der Waals surface area contributed by atoms with Gasteiger partial charge in [-0.25, -0.2) is 4.79 Å². The van der Waals surface area contributed by atoms with Crippen LogP contribution in [0.25, 0.3) is 0 Å². The van der Waals surface area contributed by atoms with Crippen LogP contribution in [0.2, 0.25) is 0 Å². The van der Waals surface area contributed by atoms with E-state index in [4.69, 9.17) is 23.7 Å². The Bertz CT molecular complexity index is 1380. The first-order valence-electron chi connectivity index (χ1n) is 29.0. The van der Waals surface area contributed by atoms with E-state index in [2.05, 4.69) is 57.2 Å². The molecule has 412 valence electrons. The first kappa shape index (κ1) is 66.0. The minimum atomic E-state index is -1.90. The van der Waals surface area contributed by atoms with Gasteiger partial charge in [-0.15, -0.1) is 0 Å². The number of aliphatic carboxylic acids is 1. The predicted molar refractivity (Wildman–Crippen MR) is 285 cm³/mol. The van der Waals surface area contributed by atoms with Gasteiger partial charge in [0.05, 0.1) is 6.61 Å². The molecular formula is C59H104O12. The second-order valence-corrected chi connectivity index (χ2v) is 19.9. The van der Waals surface area contributed by atoms with Crippen molar-refractivity contribution in [3.8, 4) is 0 Å². The number of allylic oxidation sites excluding steroid dienone is 6. The molecule has 0 aromatic rings. The number of esters is 3. The highest BCUT2D eigenvalue weighted by atomic mass is 16.7. The predicted octanol–water partition coefficient (Wildman–Crippen LogP) is 14.5. The number of rotatable bonds is 49. The molecule has 1 fully saturated rings. The van der Waals surface area contributed by atoms with E-state index in [-0.39, 0.29) is 25.9 Å². The summed E-state index contributed by atoms with van der Waals surface area (Å²) in [6.07, 6.45) is 42.6. The van der Waals surface area contributed by atoms with Crippen LogP contribution in [0, 0.1) is 0 Å². The standard InChI is InChI=1S/C59H104O12/c1-4-7-10-13-16-19-22-24-25-26-27-29-32-35-38-41-44-47-53(62)70-57-55(64)54(63)56(58(65)66)71-59(57)68-49-50(69-52(61)46-43-40-37-34-30-21-18-15-12-9-6-3)48-67-51(60)45-42-39-36-33-31-28-23-20-17-14-11-8-5-2/h16,19-20,23-25,50,54-57,59,63-64H,4-15,17-18,21-22,26-49H2,1-3H3,(H,65,66)/b19-16-,23-20-,25-24-. The highest BCUT2D eigenvalue weighted by Crippen LogP contribution is 2.26. The molecule has 0 amide bonds. The topological polar surface area (TPSA) is 175 Å². The summed E-state index contributed by atoms with van der Waals surface area (Å²) in [5.41, 5.74) is 0. The zero-order valence-electron chi connectivity index (χ0n) is 45.2. The highest BCUT2D eigenvalue weighted by molar-refractivity contribution is 5.74. The van der Waals surface area contributed by atoms with Gasteiger partial charge in [-0.1, -0.05) is 205 Å². The number of unbranched alkanes of at least 4 members (excludes halogenated alkanes) is 29. The monoisotopic (exact) mass is 1000 g/mol. The number of aliphatic hydroxyl groups is 2. The smallest absolute Gasteiger partial charge is 0.335 e. The van der Waals surface area contributed by atoms with E-state index >= 15 is 0 Å². The summed E-state index contributed by atoms with van der Waals surface area (Å²) in [4.78, 5) is 51.0. The van der Waals surface area contributed by atoms with E-state index < -0.39 is 67.3 Å². The molecule has 1 saturated heterocycles. The maximum absolute atomic E-state index is 13.1. The van der Waals surface area contributed by atoms with Gasteiger partial charge in [0.1, 0.15) is 18.8 Å². The van der Waals surface area contributed by atoms with Gasteiger partial charge in [-0.3, -0.25) is 14.4 Å². The van der Waals surface area contributed by atoms with E-state index in [1.807, 2.05) is 0 Å². The summed E-state index contributed by atoms with van der Waals surface area (Å²) < 4.78 is 28.4. The molecule has 71 heavy (non-hydrogen) atoms. The van der Waals surface area contributed by atoms with Gasteiger partial charge in [-0.05, 0) is 77.0 Å². The average Bonchev–Trinajstić information content (AvgIpc) is 3.35. The molecule has 3 N–H and O–H groups in total. The molecule has 0 bridgehead atoms. The molecule has 1 heterocycles. The Morgan fingerprint density at radius 1 is 0.465 bits per heavy atom. The summed E-state index contributed by atoms with van der Waals surface area (Å²) >= 11 is 0. The normalized spacial score (nSPS) is 18.7. The van der Waals surface area contributed by atoms with E-state index in [0.717, 1.165) is 116 Å². The molecule has 1 rings (SSSR count). The second-order valence-electron chi connectivity index (χ2n) is 19.9. The van der Waals surface area contributed by atoms with Crippen LogP contribution in [0.3, 0.4) is 0 Å². The maximum atomic E-state index is 13.1. The van der Waals surface area contributed by atoms with E-state index in [1.54, 1.807) is 0 Å². The van der Waals surface area contributed by atoms with Crippen molar-refractivity contribution < 1.29 is 58.2 Å². The van der Waals surface area contributed by atoms with Crippen LogP contribution >= 0.6 is 0 Å². The van der Waals surface area contributed by atoms with Crippen molar-refractivity contribution in [2.24, 2.45) is 0 Å². The minimum absolute atomic E-state index is 0.0536. The minimum Gasteiger partial charge on any atom is -0.479 e. The Balaban J connectivity index is 2.68. The fourth-order valence-corrected chi connectivity index (χ4v) is 8.69. The van der Waals surface area contributed by atoms with Gasteiger partial charge in [0.2, 0.25) is 0 Å². The van der Waals surface area contributed by atoms with Crippen molar-refractivity contribution in [3.05, 3.63) is 36.5 Å². The Morgan fingerprint density at radius 3 is 1.32 bits per heavy atom. The third kappa shape index (κ3) is 38.2. The van der Waals surface area contributed by atoms with E-state index in [9.17, 15) is 34.5 Å². The van der Waals surface area contributed by atoms with Crippen LogP contribution in [-0.4, -0.2) is 89.2 Å². The molecule has 6 unspecified atom stereocenters. The van der Waals surface area contributed by atoms with Crippen LogP contribution in [0.1, 0.15) is 265 Å². The largest absolute Gasteiger partial charge is 0.479 e. The van der Waals surface area contributed by atoms with E-state index in [1.165, 1.54) is 89.9 Å². The van der Waals surface area contributed by atoms with Crippen LogP contribution < -0.4 is 0 Å². The molecule has 0 aromatic heterocycles. The molecule has 0 saturated carbocycles. The van der Waals surface area contributed by atoms with Gasteiger partial charge < -0.3 is 39.0 Å². The van der Waals surface area contributed by atoms with Crippen molar-refractivity contribution in [2.45, 2.75) is 302 Å². The molecule has 0 radical (unpaired) electrons. The van der Waals surface area contributed by atoms with Gasteiger partial charge in [0.15, 0.2) is 24.6 Å². The van der Waals surface area contributed by atoms with Crippen molar-refractivity contribution in [1.29, 1.82) is 0 Å². The average molecular weight is 1010 g/mol. The Kier molecular flexibility index (Phi) is 44.5. The lowest BCUT2D eigenvalue weighted by molar-refractivity contribution is -0.301. The molecule has 12 heteroatoms. The van der Waals surface area contributed by atoms with Gasteiger partial charge in [0.25, 0.3) is 0 Å². The molecule has 0 aliphatic carbocycles. The molecule has 0 spiro atoms. The Hall–Kier alpha value is -3.06. The molecular weight excluding hydrogens is 901 g/mol. The fourth-order valence-electron chi connectivity index (χ4n) is 8.69. The molecule has 1 aliphatic heterocycles. The number of aliphatic hydroxyl groups excluding tert-OH is 2. The molecule has 6 atom stereocenters. The van der Waals surface area contributed by atoms with Crippen LogP contribution in [0.15, 0.2) is 36.5 Å². The van der Waals surface area contributed by atoms with Crippen LogP contribution in [0.4, 0.5) is 0 Å². The lowest BCUT2D eigenvalue weighted by atomic mass is 9.98. The van der Waals surface area contributed by atoms with Crippen molar-refractivity contribution in [1.82, 2.24) is 0 Å². The first-order valence-corrected chi connectivity index (χ1v) is 29.0. The van der Waals surface area contributed by atoms with Crippen molar-refractivity contribution in [2.75, 3.05) is 13.2 Å². The molecule has 12 nitrogen and oxygen atoms in total. The zero-order chi connectivity index (χ0) is 51.8. The summed E-state index contributed by atoms with van der Waals surface area (Å²) in [6, 6.07) is 0. The third-order valence-corrected chi connectivity index (χ3v) is 13.2. The summed E-state index contributed by atoms with van der Waals surface area (Å²) in [5, 5.41) is 31.4. The number of hydrogen-bond acceptors (Lipinski definition) is 11. The molecule has 0 aromatic carbocycles. The first-order chi connectivity index (χ1) is 34.6. The van der Waals surface area contributed by atoms with E-state index in [0.29, 0.717) is 19.3 Å². The Morgan fingerprint density at radius 2 is 0.845 bits per heavy atom. The summed E-state index contributed by atoms with van der Waals surface area (Å²) in [6.45, 7) is 5.94. The summed E-state index contributed by atoms with van der Waals surface area (Å²) in [5.74, 6) is -3.12. The summed E-state index contributed by atoms with van der Waals surface area (Å²) in [7, 11) is 0. The lowest BCUT2D eigenvalue weighted by Crippen LogP contribution is -2.61. The van der Waals surface area contributed by atoms with Crippen molar-refractivity contribution in [3.63, 3.8) is 0 Å². The maximum Gasteiger partial charge on any atom is 0.335 e. The lowest BCUT2D eigenvalue weighted by Gasteiger charge is -2.40. The number of carboxylic acids is 1. The Labute approximate surface area is 431 Å². The van der Waals surface area contributed by atoms with Crippen LogP contribution in [0.5, 0.6) is 0 Å². The van der Waals surface area contributed by atoms with Gasteiger partial charge >= 0.3 is 23.9 Å². The van der Waals surface area contributed by atoms with Crippen molar-refractivity contribution >= 4 is 23.9 Å². The zero-order valence-corrected chi connectivity index (χ0v) is 45.2. The molecule has 1 aliphatic rings. The highest BCUT2D eigenvalue weighted by Gasteiger charge is 2.50. The van der Waals surface area contributed by atoms with Gasteiger partial charge in [0, 0.05) is 19.3 Å². The third-order valence-electron chi connectivity index (χ3n) is 13.2. The van der Waals surface area contributed by atoms with Crippen LogP contribution in [-0.2, 0) is 42.9 Å². The SMILES string of the molecule is CCCCC/C=C\C/C=C\CCCCCCCCCC(=O)OC1C(OCC(COC(=O)CCCCCCC/C=C\CCCCCC)OC(=O)CCCCCCCCCCCCC)OC(C(=O)O)C(O)C1O. The number of hydrogen-bond donors (Lipinski definition) is 3. The number of ether oxygens (including phenoxy) is 5. The second kappa shape index (κ2) is 47.9. The fraction of sp³-hybridized carbons (Fsp3) is 0.831. The van der Waals surface area contributed by atoms with Gasteiger partial charge in [-0.2, -0.15) is 0 Å².